The van der Waals surface area contributed by atoms with E-state index in [0.29, 0.717) is 36.4 Å². The van der Waals surface area contributed by atoms with Gasteiger partial charge in [0.1, 0.15) is 24.7 Å². The summed E-state index contributed by atoms with van der Waals surface area (Å²) in [7, 11) is 5.10. The van der Waals surface area contributed by atoms with Crippen molar-refractivity contribution in [3.8, 4) is 34.3 Å². The molecule has 1 aromatic heterocycles. The van der Waals surface area contributed by atoms with Crippen LogP contribution >= 0.6 is 11.3 Å². The minimum Gasteiger partial charge on any atom is -0.497 e. The summed E-state index contributed by atoms with van der Waals surface area (Å²) in [4.78, 5) is 19.0. The number of likely N-dealkylation sites (N-methyl/N-ethyl adjacent to an activating group) is 1. The Balaban J connectivity index is 1.35. The van der Waals surface area contributed by atoms with Crippen molar-refractivity contribution in [1.29, 1.82) is 0 Å². The van der Waals surface area contributed by atoms with Crippen molar-refractivity contribution in [2.75, 3.05) is 46.3 Å². The van der Waals surface area contributed by atoms with Crippen LogP contribution in [-0.2, 0) is 11.3 Å². The second-order valence-corrected chi connectivity index (χ2v) is 8.16. The third-order valence-corrected chi connectivity index (χ3v) is 5.67. The number of nitrogens with zero attached hydrogens (tertiary/aromatic N) is 2. The maximum absolute atomic E-state index is 12.5. The summed E-state index contributed by atoms with van der Waals surface area (Å²) in [5.41, 5.74) is 2.61. The lowest BCUT2D eigenvalue weighted by molar-refractivity contribution is -0.117. The number of amides is 1. The first kappa shape index (κ1) is 21.9. The van der Waals surface area contributed by atoms with Gasteiger partial charge < -0.3 is 24.3 Å². The number of fused-ring (bicyclic) bond motifs is 1. The van der Waals surface area contributed by atoms with Crippen LogP contribution in [0.15, 0.2) is 41.8 Å². The zero-order valence-corrected chi connectivity index (χ0v) is 19.0. The molecule has 168 valence electrons. The molecule has 1 amide bonds. The second-order valence-electron chi connectivity index (χ2n) is 7.30. The lowest BCUT2D eigenvalue weighted by atomic mass is 10.1. The van der Waals surface area contributed by atoms with Crippen LogP contribution in [0.4, 0.5) is 5.13 Å². The average Bonchev–Trinajstić information content (AvgIpc) is 3.26. The number of carbonyl (C=O) groups is 1. The highest BCUT2D eigenvalue weighted by molar-refractivity contribution is 7.14. The largest absolute Gasteiger partial charge is 0.497 e. The van der Waals surface area contributed by atoms with Crippen LogP contribution in [0.25, 0.3) is 11.3 Å². The lowest BCUT2D eigenvalue weighted by Crippen LogP contribution is -2.29. The van der Waals surface area contributed by atoms with Crippen molar-refractivity contribution in [3.63, 3.8) is 0 Å². The van der Waals surface area contributed by atoms with Gasteiger partial charge in [-0.05, 0) is 36.9 Å². The number of benzene rings is 2. The third kappa shape index (κ3) is 5.12. The van der Waals surface area contributed by atoms with E-state index >= 15 is 0 Å². The Morgan fingerprint density at radius 3 is 2.72 bits per heavy atom. The fourth-order valence-electron chi connectivity index (χ4n) is 3.42. The number of nitrogens with one attached hydrogen (secondary N) is 1. The van der Waals surface area contributed by atoms with Crippen molar-refractivity contribution >= 4 is 22.4 Å². The molecule has 1 aliphatic rings. The molecule has 8 nitrogen and oxygen atoms in total. The fourth-order valence-corrected chi connectivity index (χ4v) is 4.15. The summed E-state index contributed by atoms with van der Waals surface area (Å²) >= 11 is 1.37. The van der Waals surface area contributed by atoms with E-state index in [9.17, 15) is 4.79 Å². The van der Waals surface area contributed by atoms with Gasteiger partial charge >= 0.3 is 0 Å². The molecule has 0 aliphatic carbocycles. The molecule has 2 heterocycles. The Labute approximate surface area is 190 Å². The van der Waals surface area contributed by atoms with Crippen LogP contribution in [0.3, 0.4) is 0 Å². The number of ether oxygens (including phenoxy) is 4. The average molecular weight is 456 g/mol. The van der Waals surface area contributed by atoms with Gasteiger partial charge in [-0.3, -0.25) is 9.69 Å². The molecule has 0 bridgehead atoms. The summed E-state index contributed by atoms with van der Waals surface area (Å²) in [6.07, 6.45) is 0. The fraction of sp³-hybridized carbons (Fsp3) is 0.304. The number of hydrogen-bond acceptors (Lipinski definition) is 8. The normalized spacial score (nSPS) is 12.5. The first-order valence-corrected chi connectivity index (χ1v) is 11.0. The highest BCUT2D eigenvalue weighted by Gasteiger charge is 2.15. The molecule has 4 rings (SSSR count). The van der Waals surface area contributed by atoms with Gasteiger partial charge in [-0.25, -0.2) is 4.98 Å². The number of anilines is 1. The zero-order chi connectivity index (χ0) is 22.5. The highest BCUT2D eigenvalue weighted by atomic mass is 32.1. The summed E-state index contributed by atoms with van der Waals surface area (Å²) in [5, 5.41) is 5.30. The quantitative estimate of drug-likeness (QED) is 0.555. The Morgan fingerprint density at radius 2 is 1.94 bits per heavy atom. The van der Waals surface area contributed by atoms with Crippen molar-refractivity contribution in [2.45, 2.75) is 6.54 Å². The number of aromatic nitrogens is 1. The third-order valence-electron chi connectivity index (χ3n) is 4.91. The van der Waals surface area contributed by atoms with Gasteiger partial charge in [0, 0.05) is 23.6 Å². The molecule has 0 unspecified atom stereocenters. The van der Waals surface area contributed by atoms with E-state index in [4.69, 9.17) is 18.9 Å². The van der Waals surface area contributed by atoms with Gasteiger partial charge in [0.25, 0.3) is 0 Å². The predicted molar refractivity (Wildman–Crippen MR) is 123 cm³/mol. The van der Waals surface area contributed by atoms with E-state index in [-0.39, 0.29) is 12.5 Å². The molecule has 0 saturated carbocycles. The number of thiazole rings is 1. The maximum atomic E-state index is 12.5. The van der Waals surface area contributed by atoms with Crippen molar-refractivity contribution in [3.05, 3.63) is 47.3 Å². The number of carbonyl (C=O) groups excluding carboxylic acids is 1. The van der Waals surface area contributed by atoms with E-state index in [0.717, 1.165) is 28.3 Å². The summed E-state index contributed by atoms with van der Waals surface area (Å²) < 4.78 is 21.9. The molecular weight excluding hydrogens is 430 g/mol. The van der Waals surface area contributed by atoms with E-state index in [1.807, 2.05) is 47.7 Å². The Bertz CT molecular complexity index is 1100. The lowest BCUT2D eigenvalue weighted by Gasteiger charge is -2.20. The standard InChI is InChI=1S/C23H25N3O5S/c1-26(12-15-4-7-19-21(10-15)31-9-8-30-19)13-22(27)25-23-24-18(14-32-23)17-6-5-16(28-2)11-20(17)29-3/h4-7,10-11,14H,8-9,12-13H2,1-3H3,(H,24,25,27). The summed E-state index contributed by atoms with van der Waals surface area (Å²) in [6, 6.07) is 11.4. The van der Waals surface area contributed by atoms with Crippen LogP contribution in [-0.4, -0.2) is 56.8 Å². The first-order valence-electron chi connectivity index (χ1n) is 10.1. The van der Waals surface area contributed by atoms with E-state index in [2.05, 4.69) is 10.3 Å². The molecule has 1 N–H and O–H groups in total. The molecule has 1 aliphatic heterocycles. The molecule has 0 atom stereocenters. The number of hydrogen-bond donors (Lipinski definition) is 1. The molecule has 3 aromatic rings. The minimum atomic E-state index is -0.132. The maximum Gasteiger partial charge on any atom is 0.240 e. The van der Waals surface area contributed by atoms with Crippen molar-refractivity contribution < 1.29 is 23.7 Å². The predicted octanol–water partition coefficient (Wildman–Crippen LogP) is 3.67. The van der Waals surface area contributed by atoms with Crippen LogP contribution in [0.2, 0.25) is 0 Å². The van der Waals surface area contributed by atoms with Gasteiger partial charge in [0.05, 0.1) is 26.5 Å². The minimum absolute atomic E-state index is 0.132. The van der Waals surface area contributed by atoms with Gasteiger partial charge in [-0.2, -0.15) is 0 Å². The van der Waals surface area contributed by atoms with Gasteiger partial charge in [-0.1, -0.05) is 6.07 Å². The van der Waals surface area contributed by atoms with E-state index < -0.39 is 0 Å². The molecular formula is C23H25N3O5S. The monoisotopic (exact) mass is 455 g/mol. The van der Waals surface area contributed by atoms with Crippen LogP contribution in [0.5, 0.6) is 23.0 Å². The van der Waals surface area contributed by atoms with E-state index in [1.165, 1.54) is 11.3 Å². The molecule has 0 radical (unpaired) electrons. The van der Waals surface area contributed by atoms with Crippen LogP contribution in [0, 0.1) is 0 Å². The smallest absolute Gasteiger partial charge is 0.240 e. The van der Waals surface area contributed by atoms with E-state index in [1.54, 1.807) is 20.3 Å². The summed E-state index contributed by atoms with van der Waals surface area (Å²) in [6.45, 7) is 1.95. The Hall–Kier alpha value is -3.30. The van der Waals surface area contributed by atoms with Gasteiger partial charge in [0.2, 0.25) is 5.91 Å². The first-order chi connectivity index (χ1) is 15.6. The highest BCUT2D eigenvalue weighted by Crippen LogP contribution is 2.35. The van der Waals surface area contributed by atoms with Gasteiger partial charge in [0.15, 0.2) is 16.6 Å². The number of methoxy groups -OCH3 is 2. The van der Waals surface area contributed by atoms with Crippen molar-refractivity contribution in [2.24, 2.45) is 0 Å². The molecule has 2 aromatic carbocycles. The van der Waals surface area contributed by atoms with Gasteiger partial charge in [-0.15, -0.1) is 11.3 Å². The molecule has 0 saturated heterocycles. The topological polar surface area (TPSA) is 82.2 Å². The zero-order valence-electron chi connectivity index (χ0n) is 18.2. The molecule has 0 spiro atoms. The Kier molecular flexibility index (Phi) is 6.77. The second kappa shape index (κ2) is 9.88. The molecule has 0 fully saturated rings. The Morgan fingerprint density at radius 1 is 1.12 bits per heavy atom. The van der Waals surface area contributed by atoms with Crippen LogP contribution < -0.4 is 24.3 Å². The SMILES string of the molecule is COc1ccc(-c2csc(NC(=O)CN(C)Cc3ccc4c(c3)OCCO4)n2)c(OC)c1. The van der Waals surface area contributed by atoms with Crippen LogP contribution in [0.1, 0.15) is 5.56 Å². The molecule has 9 heteroatoms. The summed E-state index contributed by atoms with van der Waals surface area (Å²) in [5.74, 6) is 2.74. The number of rotatable bonds is 8. The molecule has 32 heavy (non-hydrogen) atoms. The van der Waals surface area contributed by atoms with Crippen molar-refractivity contribution in [1.82, 2.24) is 9.88 Å².